The van der Waals surface area contributed by atoms with E-state index in [-0.39, 0.29) is 5.92 Å². The quantitative estimate of drug-likeness (QED) is 0.893. The first kappa shape index (κ1) is 14.9. The molecule has 0 aromatic heterocycles. The fourth-order valence-electron chi connectivity index (χ4n) is 2.01. The molecule has 1 aromatic rings. The Kier molecular flexibility index (Phi) is 5.08. The van der Waals surface area contributed by atoms with Gasteiger partial charge in [0.1, 0.15) is 5.25 Å². The van der Waals surface area contributed by atoms with Gasteiger partial charge in [0.05, 0.1) is 0 Å². The number of hydrogen-bond donors (Lipinski definition) is 1. The van der Waals surface area contributed by atoms with Crippen LogP contribution in [-0.2, 0) is 21.3 Å². The maximum Gasteiger partial charge on any atom is 0.319 e. The van der Waals surface area contributed by atoms with Crippen LogP contribution < -0.4 is 0 Å². The van der Waals surface area contributed by atoms with Gasteiger partial charge in [-0.3, -0.25) is 9.00 Å². The molecule has 100 valence electrons. The van der Waals surface area contributed by atoms with E-state index in [2.05, 4.69) is 0 Å². The third-order valence-electron chi connectivity index (χ3n) is 3.06. The zero-order chi connectivity index (χ0) is 13.9. The molecule has 1 aromatic carbocycles. The second kappa shape index (κ2) is 6.14. The van der Waals surface area contributed by atoms with Crippen LogP contribution >= 0.6 is 0 Å². The van der Waals surface area contributed by atoms with Gasteiger partial charge in [-0.25, -0.2) is 0 Å². The van der Waals surface area contributed by atoms with Crippen molar-refractivity contribution < 1.29 is 14.1 Å². The van der Waals surface area contributed by atoms with Crippen LogP contribution in [0.25, 0.3) is 0 Å². The predicted octanol–water partition coefficient (Wildman–Crippen LogP) is 2.66. The lowest BCUT2D eigenvalue weighted by molar-refractivity contribution is -0.137. The fourth-order valence-corrected chi connectivity index (χ4v) is 3.76. The van der Waals surface area contributed by atoms with Gasteiger partial charge in [-0.05, 0) is 36.5 Å². The second-order valence-corrected chi connectivity index (χ2v) is 6.46. The standard InChI is InChI=1S/C14H20O3S/c1-9(2)13(14(15)16)18(17)8-12-10(3)6-5-7-11(12)4/h5-7,9,13H,8H2,1-4H3,(H,15,16). The van der Waals surface area contributed by atoms with Crippen molar-refractivity contribution in [3.8, 4) is 0 Å². The lowest BCUT2D eigenvalue weighted by Gasteiger charge is -2.17. The van der Waals surface area contributed by atoms with E-state index in [0.717, 1.165) is 16.7 Å². The summed E-state index contributed by atoms with van der Waals surface area (Å²) in [4.78, 5) is 11.1. The average Bonchev–Trinajstić information content (AvgIpc) is 2.22. The molecular weight excluding hydrogens is 248 g/mol. The number of carboxylic acids is 1. The summed E-state index contributed by atoms with van der Waals surface area (Å²) in [7, 11) is -1.39. The first-order chi connectivity index (χ1) is 8.34. The lowest BCUT2D eigenvalue weighted by atomic mass is 10.1. The molecule has 0 radical (unpaired) electrons. The molecule has 0 amide bonds. The highest BCUT2D eigenvalue weighted by Gasteiger charge is 2.28. The number of carboxylic acid groups (broad SMARTS) is 1. The summed E-state index contributed by atoms with van der Waals surface area (Å²) in [6, 6.07) is 5.88. The van der Waals surface area contributed by atoms with Gasteiger partial charge in [-0.1, -0.05) is 32.0 Å². The van der Waals surface area contributed by atoms with Crippen molar-refractivity contribution >= 4 is 16.8 Å². The van der Waals surface area contributed by atoms with Crippen molar-refractivity contribution in [2.75, 3.05) is 0 Å². The van der Waals surface area contributed by atoms with E-state index in [1.54, 1.807) is 13.8 Å². The van der Waals surface area contributed by atoms with Gasteiger partial charge < -0.3 is 5.11 Å². The Morgan fingerprint density at radius 2 is 1.78 bits per heavy atom. The van der Waals surface area contributed by atoms with Crippen molar-refractivity contribution in [3.05, 3.63) is 34.9 Å². The number of rotatable bonds is 5. The summed E-state index contributed by atoms with van der Waals surface area (Å²) in [5.74, 6) is -0.796. The predicted molar refractivity (Wildman–Crippen MR) is 74.0 cm³/mol. The minimum absolute atomic E-state index is 0.132. The van der Waals surface area contributed by atoms with E-state index in [4.69, 9.17) is 5.11 Å². The maximum absolute atomic E-state index is 12.2. The number of aryl methyl sites for hydroxylation is 2. The molecule has 0 saturated heterocycles. The largest absolute Gasteiger partial charge is 0.480 e. The van der Waals surface area contributed by atoms with Gasteiger partial charge in [-0.15, -0.1) is 0 Å². The minimum Gasteiger partial charge on any atom is -0.480 e. The van der Waals surface area contributed by atoms with Crippen LogP contribution in [0.4, 0.5) is 0 Å². The van der Waals surface area contributed by atoms with Gasteiger partial charge in [0.25, 0.3) is 0 Å². The molecule has 2 unspecified atom stereocenters. The molecule has 1 N–H and O–H groups in total. The molecule has 0 aliphatic carbocycles. The second-order valence-electron chi connectivity index (χ2n) is 4.90. The summed E-state index contributed by atoms with van der Waals surface area (Å²) in [5, 5.41) is 8.34. The van der Waals surface area contributed by atoms with Crippen molar-refractivity contribution in [3.63, 3.8) is 0 Å². The first-order valence-electron chi connectivity index (χ1n) is 5.99. The molecule has 0 spiro atoms. The summed E-state index contributed by atoms with van der Waals surface area (Å²) < 4.78 is 12.2. The van der Waals surface area contributed by atoms with Crippen LogP contribution in [0.2, 0.25) is 0 Å². The van der Waals surface area contributed by atoms with Gasteiger partial charge in [0, 0.05) is 16.6 Å². The zero-order valence-electron chi connectivity index (χ0n) is 11.3. The summed E-state index contributed by atoms with van der Waals surface area (Å²) in [6.45, 7) is 7.51. The van der Waals surface area contributed by atoms with E-state index in [1.165, 1.54) is 0 Å². The van der Waals surface area contributed by atoms with E-state index in [9.17, 15) is 9.00 Å². The van der Waals surface area contributed by atoms with Crippen molar-refractivity contribution in [2.24, 2.45) is 5.92 Å². The SMILES string of the molecule is Cc1cccc(C)c1CS(=O)C(C(=O)O)C(C)C. The summed E-state index contributed by atoms with van der Waals surface area (Å²) in [5.41, 5.74) is 3.13. The average molecular weight is 268 g/mol. The number of carbonyl (C=O) groups is 1. The first-order valence-corrected chi connectivity index (χ1v) is 7.38. The van der Waals surface area contributed by atoms with Gasteiger partial charge in [0.15, 0.2) is 0 Å². The molecule has 0 aliphatic rings. The highest BCUT2D eigenvalue weighted by atomic mass is 32.2. The Labute approximate surface area is 111 Å². The van der Waals surface area contributed by atoms with Crippen molar-refractivity contribution in [2.45, 2.75) is 38.7 Å². The highest BCUT2D eigenvalue weighted by molar-refractivity contribution is 7.85. The van der Waals surface area contributed by atoms with Crippen molar-refractivity contribution in [1.82, 2.24) is 0 Å². The number of hydrogen-bond acceptors (Lipinski definition) is 2. The Morgan fingerprint density at radius 3 is 2.17 bits per heavy atom. The van der Waals surface area contributed by atoms with E-state index >= 15 is 0 Å². The molecule has 0 fully saturated rings. The molecule has 0 bridgehead atoms. The normalized spacial score (nSPS) is 14.5. The van der Waals surface area contributed by atoms with E-state index in [0.29, 0.717) is 5.75 Å². The molecule has 0 heterocycles. The van der Waals surface area contributed by atoms with Gasteiger partial charge >= 0.3 is 5.97 Å². The van der Waals surface area contributed by atoms with Crippen LogP contribution in [-0.4, -0.2) is 20.5 Å². The van der Waals surface area contributed by atoms with Crippen LogP contribution in [0.15, 0.2) is 18.2 Å². The molecular formula is C14H20O3S. The Morgan fingerprint density at radius 1 is 1.28 bits per heavy atom. The Balaban J connectivity index is 2.97. The molecule has 2 atom stereocenters. The molecule has 3 nitrogen and oxygen atoms in total. The van der Waals surface area contributed by atoms with E-state index in [1.807, 2.05) is 32.0 Å². The minimum atomic E-state index is -1.39. The van der Waals surface area contributed by atoms with Gasteiger partial charge in [-0.2, -0.15) is 0 Å². The summed E-state index contributed by atoms with van der Waals surface area (Å²) >= 11 is 0. The fraction of sp³-hybridized carbons (Fsp3) is 0.500. The zero-order valence-corrected chi connectivity index (χ0v) is 12.1. The topological polar surface area (TPSA) is 54.4 Å². The lowest BCUT2D eigenvalue weighted by Crippen LogP contribution is -2.31. The molecule has 0 saturated carbocycles. The maximum atomic E-state index is 12.2. The highest BCUT2D eigenvalue weighted by Crippen LogP contribution is 2.19. The monoisotopic (exact) mass is 268 g/mol. The van der Waals surface area contributed by atoms with Crippen molar-refractivity contribution in [1.29, 1.82) is 0 Å². The Hall–Kier alpha value is -1.16. The molecule has 4 heteroatoms. The molecule has 18 heavy (non-hydrogen) atoms. The number of aliphatic carboxylic acids is 1. The molecule has 1 rings (SSSR count). The van der Waals surface area contributed by atoms with Crippen LogP contribution in [0.1, 0.15) is 30.5 Å². The van der Waals surface area contributed by atoms with Crippen LogP contribution in [0.3, 0.4) is 0 Å². The van der Waals surface area contributed by atoms with Crippen LogP contribution in [0.5, 0.6) is 0 Å². The Bertz CT molecular complexity index is 446. The smallest absolute Gasteiger partial charge is 0.319 e. The number of benzene rings is 1. The molecule has 0 aliphatic heterocycles. The van der Waals surface area contributed by atoms with E-state index < -0.39 is 22.0 Å². The third kappa shape index (κ3) is 3.42. The van der Waals surface area contributed by atoms with Crippen LogP contribution in [0, 0.1) is 19.8 Å². The van der Waals surface area contributed by atoms with Gasteiger partial charge in [0.2, 0.25) is 0 Å². The third-order valence-corrected chi connectivity index (χ3v) is 4.95. The summed E-state index contributed by atoms with van der Waals surface area (Å²) in [6.07, 6.45) is 0.